The Balaban J connectivity index is 1.72. The summed E-state index contributed by atoms with van der Waals surface area (Å²) < 4.78 is 0. The number of carbonyl (C=O) groups is 1. The van der Waals surface area contributed by atoms with Crippen LogP contribution in [0, 0.1) is 0 Å². The molecule has 0 atom stereocenters. The van der Waals surface area contributed by atoms with Crippen molar-refractivity contribution in [2.24, 2.45) is 16.7 Å². The van der Waals surface area contributed by atoms with Crippen molar-refractivity contribution in [1.82, 2.24) is 10.2 Å². The summed E-state index contributed by atoms with van der Waals surface area (Å²) in [6.45, 7) is 4.14. The number of rotatable bonds is 6. The molecule has 2 rings (SSSR count). The van der Waals surface area contributed by atoms with Gasteiger partial charge in [-0.2, -0.15) is 5.10 Å². The van der Waals surface area contributed by atoms with E-state index in [1.807, 2.05) is 0 Å². The number of nitrogens with two attached hydrogens (primary N) is 2. The van der Waals surface area contributed by atoms with Crippen molar-refractivity contribution < 1.29 is 4.79 Å². The van der Waals surface area contributed by atoms with E-state index < -0.39 is 0 Å². The molecule has 1 fully saturated rings. The van der Waals surface area contributed by atoms with Crippen LogP contribution in [0.5, 0.6) is 0 Å². The number of carbonyl (C=O) groups excluding carboxylic acids is 1. The zero-order valence-corrected chi connectivity index (χ0v) is 12.9. The van der Waals surface area contributed by atoms with Gasteiger partial charge in [0.05, 0.1) is 0 Å². The van der Waals surface area contributed by atoms with Gasteiger partial charge in [-0.15, -0.1) is 0 Å². The second-order valence-corrected chi connectivity index (χ2v) is 5.60. The second kappa shape index (κ2) is 8.38. The number of nitrogens with one attached hydrogen (secondary N) is 1. The Morgan fingerprint density at radius 3 is 2.41 bits per heavy atom. The van der Waals surface area contributed by atoms with Gasteiger partial charge in [0, 0.05) is 17.7 Å². The molecule has 1 aliphatic heterocycles. The Labute approximate surface area is 131 Å². The average Bonchev–Trinajstić information content (AvgIpc) is 2.59. The first-order chi connectivity index (χ1) is 10.7. The minimum Gasteiger partial charge on any atom is -0.382 e. The molecule has 1 aromatic carbocycles. The number of hydrogen-bond acceptors (Lipinski definition) is 4. The summed E-state index contributed by atoms with van der Waals surface area (Å²) in [5.74, 6) is 5.32. The van der Waals surface area contributed by atoms with Crippen LogP contribution in [0.25, 0.3) is 0 Å². The predicted molar refractivity (Wildman–Crippen MR) is 88.6 cm³/mol. The summed E-state index contributed by atoms with van der Waals surface area (Å²) in [5, 5.41) is 6.38. The van der Waals surface area contributed by atoms with Gasteiger partial charge >= 0.3 is 0 Å². The molecule has 1 saturated heterocycles. The molecule has 6 nitrogen and oxygen atoms in total. The molecular weight excluding hydrogens is 278 g/mol. The van der Waals surface area contributed by atoms with Crippen molar-refractivity contribution in [1.29, 1.82) is 0 Å². The van der Waals surface area contributed by atoms with Crippen molar-refractivity contribution in [3.05, 3.63) is 35.4 Å². The predicted octanol–water partition coefficient (Wildman–Crippen LogP) is 0.871. The third kappa shape index (κ3) is 4.73. The molecule has 120 valence electrons. The van der Waals surface area contributed by atoms with Crippen molar-refractivity contribution in [2.45, 2.75) is 25.7 Å². The Bertz CT molecular complexity index is 506. The Morgan fingerprint density at radius 1 is 1.14 bits per heavy atom. The molecule has 1 amide bonds. The van der Waals surface area contributed by atoms with E-state index in [0.29, 0.717) is 17.7 Å². The number of likely N-dealkylation sites (tertiary alicyclic amines) is 1. The van der Waals surface area contributed by atoms with E-state index in [2.05, 4.69) is 15.3 Å². The van der Waals surface area contributed by atoms with E-state index in [-0.39, 0.29) is 11.7 Å². The van der Waals surface area contributed by atoms with Gasteiger partial charge < -0.3 is 21.8 Å². The van der Waals surface area contributed by atoms with E-state index in [9.17, 15) is 4.79 Å². The Hall–Kier alpha value is -2.08. The number of nitrogens with zero attached hydrogens (tertiary/aromatic N) is 2. The van der Waals surface area contributed by atoms with Crippen LogP contribution in [0.1, 0.15) is 41.6 Å². The van der Waals surface area contributed by atoms with Gasteiger partial charge in [-0.25, -0.2) is 0 Å². The van der Waals surface area contributed by atoms with Crippen LogP contribution in [-0.4, -0.2) is 42.8 Å². The van der Waals surface area contributed by atoms with E-state index in [0.717, 1.165) is 13.0 Å². The minimum atomic E-state index is -0.0616. The maximum atomic E-state index is 12.0. The summed E-state index contributed by atoms with van der Waals surface area (Å²) >= 11 is 0. The van der Waals surface area contributed by atoms with Crippen LogP contribution in [0.3, 0.4) is 0 Å². The highest BCUT2D eigenvalue weighted by Gasteiger charge is 2.10. The zero-order valence-electron chi connectivity index (χ0n) is 12.9. The summed E-state index contributed by atoms with van der Waals surface area (Å²) in [4.78, 5) is 14.5. The maximum absolute atomic E-state index is 12.0. The highest BCUT2D eigenvalue weighted by atomic mass is 16.1. The minimum absolute atomic E-state index is 0.0616. The van der Waals surface area contributed by atoms with Gasteiger partial charge in [0.25, 0.3) is 5.91 Å². The highest BCUT2D eigenvalue weighted by Crippen LogP contribution is 2.08. The first-order valence-electron chi connectivity index (χ1n) is 7.85. The molecule has 1 aliphatic rings. The molecule has 6 heteroatoms. The van der Waals surface area contributed by atoms with E-state index >= 15 is 0 Å². The molecule has 0 unspecified atom stereocenters. The van der Waals surface area contributed by atoms with E-state index in [4.69, 9.17) is 11.6 Å². The van der Waals surface area contributed by atoms with Gasteiger partial charge in [-0.05, 0) is 51.0 Å². The van der Waals surface area contributed by atoms with Gasteiger partial charge in [-0.1, -0.05) is 18.6 Å². The summed E-state index contributed by atoms with van der Waals surface area (Å²) in [7, 11) is 0. The van der Waals surface area contributed by atoms with Gasteiger partial charge in [0.2, 0.25) is 0 Å². The Kier molecular flexibility index (Phi) is 6.21. The molecule has 1 aromatic rings. The lowest BCUT2D eigenvalue weighted by Crippen LogP contribution is -2.33. The fourth-order valence-corrected chi connectivity index (χ4v) is 2.66. The Morgan fingerprint density at radius 2 is 1.77 bits per heavy atom. The normalized spacial score (nSPS) is 16.5. The third-order valence-corrected chi connectivity index (χ3v) is 3.97. The number of amidine groups is 1. The number of hydrogen-bond donors (Lipinski definition) is 3. The van der Waals surface area contributed by atoms with Crippen molar-refractivity contribution in [3.8, 4) is 0 Å². The molecule has 1 heterocycles. The van der Waals surface area contributed by atoms with Crippen LogP contribution in [-0.2, 0) is 0 Å². The standard InChI is InChI=1S/C16H25N5O/c17-15(20-18)13-5-7-14(8-6-13)16(22)19-9-4-12-21-10-2-1-3-11-21/h5-8H,1-4,9-12,18H2,(H2,17,20)(H,19,22). The lowest BCUT2D eigenvalue weighted by molar-refractivity contribution is 0.0951. The maximum Gasteiger partial charge on any atom is 0.251 e. The molecule has 22 heavy (non-hydrogen) atoms. The van der Waals surface area contributed by atoms with Crippen molar-refractivity contribution >= 4 is 11.7 Å². The van der Waals surface area contributed by atoms with E-state index in [1.54, 1.807) is 24.3 Å². The lowest BCUT2D eigenvalue weighted by atomic mass is 10.1. The number of benzene rings is 1. The molecule has 0 aliphatic carbocycles. The van der Waals surface area contributed by atoms with Gasteiger partial charge in [-0.3, -0.25) is 4.79 Å². The smallest absolute Gasteiger partial charge is 0.251 e. The summed E-state index contributed by atoms with van der Waals surface area (Å²) in [6, 6.07) is 6.95. The largest absolute Gasteiger partial charge is 0.382 e. The average molecular weight is 303 g/mol. The van der Waals surface area contributed by atoms with Crippen molar-refractivity contribution in [3.63, 3.8) is 0 Å². The molecule has 0 radical (unpaired) electrons. The monoisotopic (exact) mass is 303 g/mol. The zero-order chi connectivity index (χ0) is 15.8. The lowest BCUT2D eigenvalue weighted by Gasteiger charge is -2.26. The molecule has 0 spiro atoms. The summed E-state index contributed by atoms with van der Waals surface area (Å²) in [6.07, 6.45) is 4.93. The van der Waals surface area contributed by atoms with Crippen LogP contribution < -0.4 is 16.9 Å². The van der Waals surface area contributed by atoms with Crippen LogP contribution >= 0.6 is 0 Å². The van der Waals surface area contributed by atoms with Crippen LogP contribution in [0.4, 0.5) is 0 Å². The first-order valence-corrected chi connectivity index (χ1v) is 7.85. The van der Waals surface area contributed by atoms with E-state index in [1.165, 1.54) is 32.4 Å². The second-order valence-electron chi connectivity index (χ2n) is 5.60. The summed E-state index contributed by atoms with van der Waals surface area (Å²) in [5.41, 5.74) is 6.94. The van der Waals surface area contributed by atoms with Gasteiger partial charge in [0.1, 0.15) is 5.84 Å². The van der Waals surface area contributed by atoms with Crippen LogP contribution in [0.2, 0.25) is 0 Å². The quantitative estimate of drug-likeness (QED) is 0.239. The van der Waals surface area contributed by atoms with Crippen molar-refractivity contribution in [2.75, 3.05) is 26.2 Å². The van der Waals surface area contributed by atoms with Gasteiger partial charge in [0.15, 0.2) is 0 Å². The fourth-order valence-electron chi connectivity index (χ4n) is 2.66. The molecule has 0 saturated carbocycles. The molecule has 0 aromatic heterocycles. The molecule has 0 bridgehead atoms. The molecule has 5 N–H and O–H groups in total. The number of hydrazone groups is 1. The SMILES string of the molecule is N/N=C(\N)c1ccc(C(=O)NCCCN2CCCCC2)cc1. The number of piperidine rings is 1. The number of amides is 1. The van der Waals surface area contributed by atoms with Crippen LogP contribution in [0.15, 0.2) is 29.4 Å². The fraction of sp³-hybridized carbons (Fsp3) is 0.500. The molecular formula is C16H25N5O. The first kappa shape index (κ1) is 16.3. The topological polar surface area (TPSA) is 96.7 Å². The third-order valence-electron chi connectivity index (χ3n) is 3.97. The highest BCUT2D eigenvalue weighted by molar-refractivity contribution is 5.99.